The second-order valence-electron chi connectivity index (χ2n) is 8.80. The second-order valence-corrected chi connectivity index (χ2v) is 8.80. The van der Waals surface area contributed by atoms with Crippen LogP contribution in [0.5, 0.6) is 17.2 Å². The molecule has 1 saturated heterocycles. The highest BCUT2D eigenvalue weighted by atomic mass is 16.5. The molecule has 8 nitrogen and oxygen atoms in total. The van der Waals surface area contributed by atoms with Gasteiger partial charge in [-0.15, -0.1) is 0 Å². The monoisotopic (exact) mass is 496 g/mol. The number of aliphatic hydroxyl groups is 1. The van der Waals surface area contributed by atoms with Gasteiger partial charge in [-0.25, -0.2) is 0 Å². The van der Waals surface area contributed by atoms with Crippen LogP contribution in [0.15, 0.2) is 48.0 Å². The van der Waals surface area contributed by atoms with Gasteiger partial charge in [-0.3, -0.25) is 9.59 Å². The first-order valence-corrected chi connectivity index (χ1v) is 12.3. The van der Waals surface area contributed by atoms with Crippen molar-refractivity contribution in [1.29, 1.82) is 0 Å². The van der Waals surface area contributed by atoms with E-state index < -0.39 is 17.7 Å². The smallest absolute Gasteiger partial charge is 0.295 e. The van der Waals surface area contributed by atoms with Gasteiger partial charge in [-0.05, 0) is 56.8 Å². The average Bonchev–Trinajstić information content (AvgIpc) is 3.13. The number of likely N-dealkylation sites (N-methyl/N-ethyl adjacent to an activating group) is 1. The van der Waals surface area contributed by atoms with Crippen molar-refractivity contribution in [2.24, 2.45) is 0 Å². The van der Waals surface area contributed by atoms with Gasteiger partial charge in [-0.1, -0.05) is 32.0 Å². The van der Waals surface area contributed by atoms with Crippen LogP contribution in [0.25, 0.3) is 5.76 Å². The lowest BCUT2D eigenvalue weighted by Gasteiger charge is -2.28. The second kappa shape index (κ2) is 11.9. The van der Waals surface area contributed by atoms with Crippen molar-refractivity contribution in [2.45, 2.75) is 39.8 Å². The van der Waals surface area contributed by atoms with Gasteiger partial charge in [0.2, 0.25) is 0 Å². The van der Waals surface area contributed by atoms with Gasteiger partial charge in [-0.2, -0.15) is 0 Å². The first-order valence-electron chi connectivity index (χ1n) is 12.3. The van der Waals surface area contributed by atoms with Crippen molar-refractivity contribution in [3.8, 4) is 17.2 Å². The van der Waals surface area contributed by atoms with E-state index in [0.717, 1.165) is 13.1 Å². The number of rotatable bonds is 11. The molecule has 0 spiro atoms. The summed E-state index contributed by atoms with van der Waals surface area (Å²) in [4.78, 5) is 30.4. The molecule has 0 bridgehead atoms. The van der Waals surface area contributed by atoms with Gasteiger partial charge in [0, 0.05) is 13.1 Å². The molecule has 1 unspecified atom stereocenters. The maximum Gasteiger partial charge on any atom is 0.295 e. The van der Waals surface area contributed by atoms with Gasteiger partial charge in [0.1, 0.15) is 28.6 Å². The van der Waals surface area contributed by atoms with Crippen LogP contribution >= 0.6 is 0 Å². The van der Waals surface area contributed by atoms with Crippen LogP contribution in [0.4, 0.5) is 0 Å². The lowest BCUT2D eigenvalue weighted by Crippen LogP contribution is -2.38. The number of amides is 1. The topological polar surface area (TPSA) is 88.5 Å². The normalized spacial score (nSPS) is 17.2. The molecule has 36 heavy (non-hydrogen) atoms. The predicted octanol–water partition coefficient (Wildman–Crippen LogP) is 4.25. The minimum Gasteiger partial charge on any atom is -0.506 e. The lowest BCUT2D eigenvalue weighted by atomic mass is 9.94. The molecule has 1 heterocycles. The molecule has 1 atom stereocenters. The summed E-state index contributed by atoms with van der Waals surface area (Å²) >= 11 is 0. The van der Waals surface area contributed by atoms with E-state index in [2.05, 4.69) is 18.7 Å². The molecular formula is C28H36N2O6. The van der Waals surface area contributed by atoms with E-state index >= 15 is 0 Å². The average molecular weight is 497 g/mol. The molecule has 0 saturated carbocycles. The summed E-state index contributed by atoms with van der Waals surface area (Å²) in [5, 5.41) is 11.5. The van der Waals surface area contributed by atoms with E-state index in [1.54, 1.807) is 18.2 Å². The number of ketones is 1. The molecule has 1 fully saturated rings. The third kappa shape index (κ3) is 5.49. The Morgan fingerprint density at radius 2 is 1.64 bits per heavy atom. The molecular weight excluding hydrogens is 460 g/mol. The Bertz CT molecular complexity index is 1100. The van der Waals surface area contributed by atoms with Gasteiger partial charge in [0.05, 0.1) is 31.9 Å². The van der Waals surface area contributed by atoms with E-state index in [9.17, 15) is 14.7 Å². The Morgan fingerprint density at radius 1 is 1.03 bits per heavy atom. The fourth-order valence-corrected chi connectivity index (χ4v) is 4.50. The van der Waals surface area contributed by atoms with Gasteiger partial charge in [0.25, 0.3) is 11.7 Å². The number of Topliss-reactive ketones (excluding diaryl/α,β-unsaturated/α-hetero) is 1. The number of hydrogen-bond donors (Lipinski definition) is 1. The van der Waals surface area contributed by atoms with Crippen molar-refractivity contribution in [3.63, 3.8) is 0 Å². The molecule has 0 aliphatic carbocycles. The fourth-order valence-electron chi connectivity index (χ4n) is 4.50. The number of methoxy groups -OCH3 is 2. The Kier molecular flexibility index (Phi) is 8.98. The van der Waals surface area contributed by atoms with Gasteiger partial charge < -0.3 is 29.1 Å². The van der Waals surface area contributed by atoms with Crippen LogP contribution in [0.3, 0.4) is 0 Å². The summed E-state index contributed by atoms with van der Waals surface area (Å²) in [5.74, 6) is -0.466. The van der Waals surface area contributed by atoms with E-state index in [0.29, 0.717) is 35.9 Å². The third-order valence-corrected chi connectivity index (χ3v) is 6.30. The number of likely N-dealkylation sites (tertiary alicyclic amines) is 1. The maximum atomic E-state index is 13.4. The lowest BCUT2D eigenvalue weighted by molar-refractivity contribution is -0.140. The molecule has 1 aliphatic rings. The molecule has 2 aromatic carbocycles. The SMILES string of the molecule is CCN(CC)CCN1C(=O)C(=O)/C(=C(/O)c2c(OC)cccc2OC)C1c1cccc(OC(C)C)c1. The zero-order chi connectivity index (χ0) is 26.4. The van der Waals surface area contributed by atoms with Crippen molar-refractivity contribution in [2.75, 3.05) is 40.4 Å². The molecule has 1 amide bonds. The zero-order valence-electron chi connectivity index (χ0n) is 21.9. The molecule has 2 aromatic rings. The van der Waals surface area contributed by atoms with E-state index in [1.807, 2.05) is 38.1 Å². The number of ether oxygens (including phenoxy) is 3. The minimum absolute atomic E-state index is 0.0101. The summed E-state index contributed by atoms with van der Waals surface area (Å²) in [6.07, 6.45) is -0.0490. The van der Waals surface area contributed by atoms with Crippen molar-refractivity contribution in [3.05, 3.63) is 59.2 Å². The standard InChI is InChI=1S/C28H36N2O6/c1-7-29(8-2)15-16-30-25(19-11-9-12-20(17-19)36-18(3)4)24(27(32)28(30)33)26(31)23-21(34-5)13-10-14-22(23)35-6/h9-14,17-18,25,31H,7-8,15-16H2,1-6H3/b26-24+. The molecule has 0 radical (unpaired) electrons. The number of benzene rings is 2. The number of nitrogens with zero attached hydrogens (tertiary/aromatic N) is 2. The summed E-state index contributed by atoms with van der Waals surface area (Å²) in [5.41, 5.74) is 0.884. The Hall–Kier alpha value is -3.52. The van der Waals surface area contributed by atoms with E-state index in [4.69, 9.17) is 14.2 Å². The summed E-state index contributed by atoms with van der Waals surface area (Å²) < 4.78 is 16.8. The van der Waals surface area contributed by atoms with Crippen molar-refractivity contribution >= 4 is 17.4 Å². The highest BCUT2D eigenvalue weighted by Crippen LogP contribution is 2.43. The molecule has 1 N–H and O–H groups in total. The zero-order valence-corrected chi connectivity index (χ0v) is 21.9. The summed E-state index contributed by atoms with van der Waals surface area (Å²) in [7, 11) is 2.94. The number of carbonyl (C=O) groups excluding carboxylic acids is 2. The van der Waals surface area contributed by atoms with Crippen LogP contribution in [0.2, 0.25) is 0 Å². The largest absolute Gasteiger partial charge is 0.506 e. The van der Waals surface area contributed by atoms with Crippen LogP contribution in [-0.4, -0.2) is 73.1 Å². The minimum atomic E-state index is -0.800. The molecule has 8 heteroatoms. The predicted molar refractivity (Wildman–Crippen MR) is 139 cm³/mol. The summed E-state index contributed by atoms with van der Waals surface area (Å²) in [6.45, 7) is 10.5. The molecule has 0 aromatic heterocycles. The number of carbonyl (C=O) groups is 2. The molecule has 194 valence electrons. The first-order chi connectivity index (χ1) is 17.3. The quantitative estimate of drug-likeness (QED) is 0.283. The Balaban J connectivity index is 2.21. The van der Waals surface area contributed by atoms with Crippen LogP contribution in [0, 0.1) is 0 Å². The third-order valence-electron chi connectivity index (χ3n) is 6.30. The maximum absolute atomic E-state index is 13.4. The van der Waals surface area contributed by atoms with Crippen LogP contribution in [0.1, 0.15) is 44.9 Å². The van der Waals surface area contributed by atoms with Crippen LogP contribution < -0.4 is 14.2 Å². The van der Waals surface area contributed by atoms with Crippen LogP contribution in [-0.2, 0) is 9.59 Å². The summed E-state index contributed by atoms with van der Waals surface area (Å²) in [6, 6.07) is 11.6. The number of hydrogen-bond acceptors (Lipinski definition) is 7. The highest BCUT2D eigenvalue weighted by Gasteiger charge is 2.46. The van der Waals surface area contributed by atoms with E-state index in [1.165, 1.54) is 19.1 Å². The Labute approximate surface area is 213 Å². The van der Waals surface area contributed by atoms with Crippen molar-refractivity contribution in [1.82, 2.24) is 9.80 Å². The molecule has 3 rings (SSSR count). The number of aliphatic hydroxyl groups excluding tert-OH is 1. The van der Waals surface area contributed by atoms with E-state index in [-0.39, 0.29) is 23.0 Å². The van der Waals surface area contributed by atoms with Gasteiger partial charge >= 0.3 is 0 Å². The first kappa shape index (κ1) is 27.1. The molecule has 1 aliphatic heterocycles. The fraction of sp³-hybridized carbons (Fsp3) is 0.429. The van der Waals surface area contributed by atoms with Crippen molar-refractivity contribution < 1.29 is 28.9 Å². The Morgan fingerprint density at radius 3 is 2.19 bits per heavy atom. The van der Waals surface area contributed by atoms with Gasteiger partial charge in [0.15, 0.2) is 0 Å². The highest BCUT2D eigenvalue weighted by molar-refractivity contribution is 6.46.